The second kappa shape index (κ2) is 13.8. The molecule has 16 heteroatoms. The van der Waals surface area contributed by atoms with Crippen molar-refractivity contribution < 1.29 is 19.2 Å². The van der Waals surface area contributed by atoms with Crippen LogP contribution < -0.4 is 16.6 Å². The van der Waals surface area contributed by atoms with Crippen molar-refractivity contribution in [2.24, 2.45) is 0 Å². The van der Waals surface area contributed by atoms with Crippen molar-refractivity contribution in [3.05, 3.63) is 140 Å². The number of hydrogen-bond donors (Lipinski definition) is 0. The molecule has 5 aromatic carbocycles. The van der Waals surface area contributed by atoms with Gasteiger partial charge in [0.25, 0.3) is 0 Å². The summed E-state index contributed by atoms with van der Waals surface area (Å²) in [5, 5.41) is -2.57. The van der Waals surface area contributed by atoms with Gasteiger partial charge in [-0.25, -0.2) is 0 Å². The fraction of sp³-hybridized carbons (Fsp3) is 0. The molecule has 0 saturated heterocycles. The predicted molar refractivity (Wildman–Crippen MR) is 188 cm³/mol. The molecule has 46 heavy (non-hydrogen) atoms. The van der Waals surface area contributed by atoms with Gasteiger partial charge in [0.05, 0.1) is 0 Å². The zero-order chi connectivity index (χ0) is 33.7. The fourth-order valence-electron chi connectivity index (χ4n) is 4.60. The van der Waals surface area contributed by atoms with Gasteiger partial charge in [-0.2, -0.15) is 0 Å². The Morgan fingerprint density at radius 1 is 0.326 bits per heavy atom. The van der Waals surface area contributed by atoms with Crippen LogP contribution in [0.15, 0.2) is 72.8 Å². The summed E-state index contributed by atoms with van der Waals surface area (Å²) in [6.07, 6.45) is 0. The number of hydrogen-bond acceptors (Lipinski definition) is 2. The molecule has 0 aliphatic carbocycles. The van der Waals surface area contributed by atoms with E-state index >= 15 is 0 Å². The Hall–Kier alpha value is -0.792. The van der Waals surface area contributed by atoms with E-state index in [1.54, 1.807) is 0 Å². The molecule has 0 unspecified atom stereocenters. The van der Waals surface area contributed by atoms with Gasteiger partial charge in [0.2, 0.25) is 0 Å². The number of benzene rings is 5. The predicted octanol–water partition coefficient (Wildman–Crippen LogP) is 12.2. The van der Waals surface area contributed by atoms with Crippen LogP contribution in [0.3, 0.4) is 0 Å². The van der Waals surface area contributed by atoms with Gasteiger partial charge in [-0.05, 0) is 0 Å². The molecule has 0 aliphatic heterocycles. The van der Waals surface area contributed by atoms with Crippen LogP contribution in [0.5, 0.6) is 11.5 Å². The van der Waals surface area contributed by atoms with Crippen LogP contribution in [0.2, 0.25) is 50.2 Å². The molecular weight excluding hydrogens is 926 g/mol. The maximum absolute atomic E-state index is 14.6. The van der Waals surface area contributed by atoms with Gasteiger partial charge < -0.3 is 0 Å². The molecule has 2 nitrogen and oxygen atoms in total. The third-order valence-corrected chi connectivity index (χ3v) is 24.9. The molecule has 0 aromatic heterocycles. The van der Waals surface area contributed by atoms with Crippen molar-refractivity contribution in [3.63, 3.8) is 0 Å². The van der Waals surface area contributed by atoms with E-state index in [9.17, 15) is 13.2 Å². The molecule has 0 atom stereocenters. The Morgan fingerprint density at radius 2 is 0.522 bits per heavy atom. The van der Waals surface area contributed by atoms with Crippen molar-refractivity contribution in [2.75, 3.05) is 0 Å². The Bertz CT molecular complexity index is 1750. The molecule has 0 N–H and O–H groups in total. The Morgan fingerprint density at radius 3 is 0.739 bits per heavy atom. The zero-order valence-electron chi connectivity index (χ0n) is 22.1. The average molecular weight is 938 g/mol. The molecule has 0 aliphatic rings. The van der Waals surface area contributed by atoms with Gasteiger partial charge in [0.15, 0.2) is 0 Å². The Labute approximate surface area is 312 Å². The molecule has 5 rings (SSSR count). The summed E-state index contributed by atoms with van der Waals surface area (Å²) in [6, 6.07) is 14.8. The van der Waals surface area contributed by atoms with Gasteiger partial charge in [-0.1, -0.05) is 0 Å². The van der Waals surface area contributed by atoms with Crippen LogP contribution in [0.25, 0.3) is 0 Å². The minimum absolute atomic E-state index is 0.149. The molecule has 0 bridgehead atoms. The number of rotatable bonds is 7. The SMILES string of the molecule is Fc1cc[c]([Sb]([O]c2c(Cl)c(Cl)c(Cl)c(Cl)c2Cl)([O]c2c(Cl)c(Cl)c(Cl)c(Cl)c2Cl)([c]2ccc(F)cc2)[c]2ccc(F)cc2)cc1. The summed E-state index contributed by atoms with van der Waals surface area (Å²) in [5.74, 6) is -2.61. The van der Waals surface area contributed by atoms with Gasteiger partial charge in [-0.15, -0.1) is 0 Å². The molecular formula is C30H12Cl10F3O2Sb. The standard InChI is InChI=1S/2C6HCl5O.3C6H4F.Sb/c2*7-1-2(8)4(10)6(12)5(11)3(1)9;3*7-6-4-2-1-3-5-6;/h2*12H;3*2-5H;/q;;;;;+2/p-2. The van der Waals surface area contributed by atoms with Crippen LogP contribution in [0.1, 0.15) is 0 Å². The summed E-state index contributed by atoms with van der Waals surface area (Å²) in [6.45, 7) is 0. The van der Waals surface area contributed by atoms with Gasteiger partial charge in [-0.3, -0.25) is 0 Å². The van der Waals surface area contributed by atoms with E-state index in [1.165, 1.54) is 36.4 Å². The third-order valence-electron chi connectivity index (χ3n) is 6.76. The van der Waals surface area contributed by atoms with E-state index in [0.717, 1.165) is 36.4 Å². The Balaban J connectivity index is 2.10. The molecule has 240 valence electrons. The van der Waals surface area contributed by atoms with Crippen molar-refractivity contribution in [3.8, 4) is 11.5 Å². The van der Waals surface area contributed by atoms with Crippen molar-refractivity contribution in [2.45, 2.75) is 0 Å². The second-order valence-corrected chi connectivity index (χ2v) is 24.1. The van der Waals surface area contributed by atoms with Gasteiger partial charge >= 0.3 is 316 Å². The zero-order valence-corrected chi connectivity index (χ0v) is 32.2. The molecule has 0 heterocycles. The van der Waals surface area contributed by atoms with Gasteiger partial charge in [0, 0.05) is 0 Å². The summed E-state index contributed by atoms with van der Waals surface area (Å²) >= 11 is 58.5. The third kappa shape index (κ3) is 6.01. The van der Waals surface area contributed by atoms with Crippen LogP contribution >= 0.6 is 116 Å². The average Bonchev–Trinajstić information content (AvgIpc) is 3.05. The fourth-order valence-corrected chi connectivity index (χ4v) is 21.0. The van der Waals surface area contributed by atoms with E-state index in [1.807, 2.05) is 0 Å². The molecule has 0 amide bonds. The summed E-state index contributed by atoms with van der Waals surface area (Å²) in [4.78, 5) is 0. The Kier molecular flexibility index (Phi) is 11.0. The first-order valence-electron chi connectivity index (χ1n) is 12.4. The van der Waals surface area contributed by atoms with E-state index < -0.39 is 35.7 Å². The first-order valence-corrected chi connectivity index (χ1v) is 22.1. The van der Waals surface area contributed by atoms with Crippen LogP contribution in [-0.4, -0.2) is 18.2 Å². The number of halogens is 13. The topological polar surface area (TPSA) is 18.5 Å². The molecule has 0 radical (unpaired) electrons. The van der Waals surface area contributed by atoms with Crippen molar-refractivity contribution >= 4 is 145 Å². The maximum atomic E-state index is 14.6. The first kappa shape index (κ1) is 36.5. The molecule has 0 saturated carbocycles. The van der Waals surface area contributed by atoms with Gasteiger partial charge in [0.1, 0.15) is 0 Å². The molecule has 0 spiro atoms. The van der Waals surface area contributed by atoms with E-state index in [2.05, 4.69) is 0 Å². The van der Waals surface area contributed by atoms with E-state index in [-0.39, 0.29) is 72.3 Å². The molecule has 5 aromatic rings. The summed E-state index contributed by atoms with van der Waals surface area (Å²) in [7, 11) is 0. The first-order chi connectivity index (χ1) is 21.6. The second-order valence-electron chi connectivity index (χ2n) is 9.37. The van der Waals surface area contributed by atoms with Crippen LogP contribution in [0.4, 0.5) is 13.2 Å². The minimum atomic E-state index is -6.76. The van der Waals surface area contributed by atoms with Crippen molar-refractivity contribution in [1.82, 2.24) is 0 Å². The quantitative estimate of drug-likeness (QED) is 0.0920. The summed E-state index contributed by atoms with van der Waals surface area (Å²) < 4.78 is 58.3. The van der Waals surface area contributed by atoms with Crippen LogP contribution in [0, 0.1) is 17.5 Å². The van der Waals surface area contributed by atoms with E-state index in [4.69, 9.17) is 122 Å². The van der Waals surface area contributed by atoms with Crippen LogP contribution in [-0.2, 0) is 0 Å². The summed E-state index contributed by atoms with van der Waals surface area (Å²) in [5.41, 5.74) is 0. The van der Waals surface area contributed by atoms with E-state index in [0.29, 0.717) is 0 Å². The molecule has 0 fully saturated rings. The monoisotopic (exact) mass is 932 g/mol. The van der Waals surface area contributed by atoms with Crippen molar-refractivity contribution in [1.29, 1.82) is 0 Å². The normalized spacial score (nSPS) is 12.5.